The van der Waals surface area contributed by atoms with E-state index in [9.17, 15) is 4.79 Å². The Morgan fingerprint density at radius 2 is 1.94 bits per heavy atom. The minimum Gasteiger partial charge on any atom is -0.446 e. The number of benzene rings is 1. The van der Waals surface area contributed by atoms with E-state index in [0.29, 0.717) is 6.54 Å². The molecule has 1 amide bonds. The van der Waals surface area contributed by atoms with Gasteiger partial charge < -0.3 is 9.32 Å². The summed E-state index contributed by atoms with van der Waals surface area (Å²) in [4.78, 5) is 21.9. The van der Waals surface area contributed by atoms with Crippen LogP contribution < -0.4 is 0 Å². The number of aryl methyl sites for hydroxylation is 3. The first-order valence-electron chi connectivity index (χ1n) is 10.9. The van der Waals surface area contributed by atoms with E-state index in [0.717, 1.165) is 55.8 Å². The molecular formula is C24H29N5O2. The van der Waals surface area contributed by atoms with Gasteiger partial charge in [-0.25, -0.2) is 4.98 Å². The Bertz CT molecular complexity index is 1080. The summed E-state index contributed by atoms with van der Waals surface area (Å²) < 4.78 is 7.75. The highest BCUT2D eigenvalue weighted by Crippen LogP contribution is 2.49. The normalized spacial score (nSPS) is 20.4. The van der Waals surface area contributed by atoms with Crippen LogP contribution in [0.25, 0.3) is 0 Å². The van der Waals surface area contributed by atoms with Crippen molar-refractivity contribution in [1.82, 2.24) is 24.6 Å². The van der Waals surface area contributed by atoms with Crippen LogP contribution in [-0.2, 0) is 17.9 Å². The number of hydrogen-bond donors (Lipinski definition) is 0. The highest BCUT2D eigenvalue weighted by molar-refractivity contribution is 5.77. The third-order valence-electron chi connectivity index (χ3n) is 6.66. The topological polar surface area (TPSA) is 67.4 Å². The molecule has 0 aliphatic carbocycles. The van der Waals surface area contributed by atoms with Crippen molar-refractivity contribution in [3.8, 4) is 0 Å². The molecule has 0 saturated carbocycles. The molecule has 4 heterocycles. The fraction of sp³-hybridized carbons (Fsp3) is 0.458. The van der Waals surface area contributed by atoms with Crippen LogP contribution in [0.5, 0.6) is 0 Å². The summed E-state index contributed by atoms with van der Waals surface area (Å²) >= 11 is 0. The molecule has 1 unspecified atom stereocenters. The van der Waals surface area contributed by atoms with Gasteiger partial charge in [-0.2, -0.15) is 5.10 Å². The lowest BCUT2D eigenvalue weighted by Gasteiger charge is -2.50. The lowest BCUT2D eigenvalue weighted by Crippen LogP contribution is -2.62. The second-order valence-corrected chi connectivity index (χ2v) is 9.21. The summed E-state index contributed by atoms with van der Waals surface area (Å²) in [6.45, 7) is 10.4. The van der Waals surface area contributed by atoms with Gasteiger partial charge >= 0.3 is 0 Å². The van der Waals surface area contributed by atoms with E-state index in [4.69, 9.17) is 4.42 Å². The van der Waals surface area contributed by atoms with Crippen molar-refractivity contribution in [2.24, 2.45) is 5.41 Å². The van der Waals surface area contributed by atoms with Crippen LogP contribution in [0.4, 0.5) is 0 Å². The summed E-state index contributed by atoms with van der Waals surface area (Å²) in [6.07, 6.45) is 1.80. The van der Waals surface area contributed by atoms with Crippen LogP contribution in [-0.4, -0.2) is 56.7 Å². The number of amides is 1. The van der Waals surface area contributed by atoms with Crippen LogP contribution >= 0.6 is 0 Å². The number of aromatic nitrogens is 3. The maximum atomic E-state index is 12.9. The lowest BCUT2D eigenvalue weighted by molar-refractivity contribution is -0.144. The van der Waals surface area contributed by atoms with Crippen LogP contribution in [0.15, 0.2) is 47.0 Å². The Hall–Kier alpha value is -2.93. The molecule has 0 bridgehead atoms. The van der Waals surface area contributed by atoms with Crippen molar-refractivity contribution in [2.45, 2.75) is 39.8 Å². The average molecular weight is 420 g/mol. The van der Waals surface area contributed by atoms with E-state index >= 15 is 0 Å². The summed E-state index contributed by atoms with van der Waals surface area (Å²) in [6, 6.07) is 12.5. The molecule has 0 N–H and O–H groups in total. The second-order valence-electron chi connectivity index (χ2n) is 9.21. The van der Waals surface area contributed by atoms with Crippen LogP contribution in [0.3, 0.4) is 0 Å². The van der Waals surface area contributed by atoms with Crippen molar-refractivity contribution in [1.29, 1.82) is 0 Å². The number of likely N-dealkylation sites (tertiary alicyclic amines) is 2. The fourth-order valence-electron chi connectivity index (χ4n) is 5.18. The predicted molar refractivity (Wildman–Crippen MR) is 116 cm³/mol. The number of hydrogen-bond acceptors (Lipinski definition) is 5. The maximum Gasteiger partial charge on any atom is 0.244 e. The molecule has 1 spiro atoms. The molecule has 0 radical (unpaired) electrons. The minimum absolute atomic E-state index is 0.00316. The van der Waals surface area contributed by atoms with Crippen molar-refractivity contribution in [2.75, 3.05) is 26.2 Å². The number of rotatable bonds is 5. The number of oxazole rings is 1. The van der Waals surface area contributed by atoms with Gasteiger partial charge in [0.15, 0.2) is 5.89 Å². The van der Waals surface area contributed by atoms with Gasteiger partial charge in [0.2, 0.25) is 5.91 Å². The Morgan fingerprint density at radius 3 is 2.58 bits per heavy atom. The molecule has 5 rings (SSSR count). The van der Waals surface area contributed by atoms with E-state index in [2.05, 4.69) is 39.2 Å². The van der Waals surface area contributed by atoms with Crippen molar-refractivity contribution >= 4 is 5.91 Å². The molecule has 1 atom stereocenters. The van der Waals surface area contributed by atoms with Crippen molar-refractivity contribution < 1.29 is 9.21 Å². The minimum atomic E-state index is -0.00316. The van der Waals surface area contributed by atoms with Gasteiger partial charge in [0, 0.05) is 43.8 Å². The maximum absolute atomic E-state index is 12.9. The fourth-order valence-corrected chi connectivity index (χ4v) is 5.18. The largest absolute Gasteiger partial charge is 0.446 e. The zero-order valence-electron chi connectivity index (χ0n) is 18.4. The van der Waals surface area contributed by atoms with Crippen molar-refractivity contribution in [3.63, 3.8) is 0 Å². The predicted octanol–water partition coefficient (Wildman–Crippen LogP) is 2.92. The first-order valence-corrected chi connectivity index (χ1v) is 10.9. The average Bonchev–Trinajstić information content (AvgIpc) is 3.38. The zero-order valence-corrected chi connectivity index (χ0v) is 18.4. The smallest absolute Gasteiger partial charge is 0.244 e. The van der Waals surface area contributed by atoms with Gasteiger partial charge in [-0.3, -0.25) is 14.4 Å². The van der Waals surface area contributed by atoms with Gasteiger partial charge in [0.25, 0.3) is 0 Å². The molecule has 2 fully saturated rings. The molecule has 2 aromatic heterocycles. The molecule has 7 heteroatoms. The van der Waals surface area contributed by atoms with E-state index < -0.39 is 0 Å². The van der Waals surface area contributed by atoms with Gasteiger partial charge in [-0.15, -0.1) is 0 Å². The van der Waals surface area contributed by atoms with E-state index in [-0.39, 0.29) is 17.2 Å². The van der Waals surface area contributed by atoms with Gasteiger partial charge in [-0.1, -0.05) is 30.3 Å². The Balaban J connectivity index is 1.31. The Kier molecular flexibility index (Phi) is 4.93. The molecule has 2 saturated heterocycles. The monoisotopic (exact) mass is 419 g/mol. The summed E-state index contributed by atoms with van der Waals surface area (Å²) in [5, 5.41) is 4.44. The van der Waals surface area contributed by atoms with Crippen LogP contribution in [0.2, 0.25) is 0 Å². The molecule has 2 aliphatic rings. The molecule has 162 valence electrons. The van der Waals surface area contributed by atoms with Gasteiger partial charge in [0.05, 0.1) is 17.8 Å². The summed E-state index contributed by atoms with van der Waals surface area (Å²) in [5.74, 6) is 1.96. The number of nitrogens with zero attached hydrogens (tertiary/aromatic N) is 5. The zero-order chi connectivity index (χ0) is 21.6. The Morgan fingerprint density at radius 1 is 1.16 bits per heavy atom. The molecule has 7 nitrogen and oxygen atoms in total. The Labute approximate surface area is 182 Å². The highest BCUT2D eigenvalue weighted by atomic mass is 16.4. The quantitative estimate of drug-likeness (QED) is 0.636. The van der Waals surface area contributed by atoms with E-state index in [1.807, 2.05) is 37.8 Å². The lowest BCUT2D eigenvalue weighted by atomic mass is 9.71. The van der Waals surface area contributed by atoms with Crippen LogP contribution in [0.1, 0.15) is 34.5 Å². The first kappa shape index (κ1) is 20.0. The van der Waals surface area contributed by atoms with E-state index in [1.54, 1.807) is 10.9 Å². The second kappa shape index (κ2) is 7.64. The standard InChI is InChI=1S/C24H29N5O2/c1-17-9-18(2)29(26-17)13-22(30)28-15-24(16-28)14-27(11-20-7-5-4-6-8-20)12-21(24)23-25-10-19(3)31-23/h4-10,21H,11-16H2,1-3H3. The highest BCUT2D eigenvalue weighted by Gasteiger charge is 2.57. The third kappa shape index (κ3) is 3.78. The molecule has 31 heavy (non-hydrogen) atoms. The van der Waals surface area contributed by atoms with Gasteiger partial charge in [-0.05, 0) is 32.4 Å². The van der Waals surface area contributed by atoms with E-state index in [1.165, 1.54) is 5.56 Å². The van der Waals surface area contributed by atoms with Crippen molar-refractivity contribution in [3.05, 3.63) is 71.2 Å². The molecular weight excluding hydrogens is 390 g/mol. The number of carbonyl (C=O) groups excluding carboxylic acids is 1. The molecule has 3 aromatic rings. The third-order valence-corrected chi connectivity index (χ3v) is 6.66. The molecule has 2 aliphatic heterocycles. The number of carbonyl (C=O) groups is 1. The first-order chi connectivity index (χ1) is 14.9. The SMILES string of the molecule is Cc1cc(C)n(CC(=O)N2CC3(CN(Cc4ccccc4)CC3c3ncc(C)o3)C2)n1. The van der Waals surface area contributed by atoms with Gasteiger partial charge in [0.1, 0.15) is 12.3 Å². The molecule has 1 aromatic carbocycles. The summed E-state index contributed by atoms with van der Waals surface area (Å²) in [5.41, 5.74) is 3.26. The summed E-state index contributed by atoms with van der Waals surface area (Å²) in [7, 11) is 0. The van der Waals surface area contributed by atoms with Crippen LogP contribution in [0, 0.1) is 26.2 Å².